The van der Waals surface area contributed by atoms with Crippen molar-refractivity contribution in [3.63, 3.8) is 0 Å². The van der Waals surface area contributed by atoms with Crippen LogP contribution in [0.15, 0.2) is 16.9 Å². The first kappa shape index (κ1) is 10.0. The van der Waals surface area contributed by atoms with Crippen molar-refractivity contribution in [3.05, 3.63) is 22.7 Å². The second-order valence-electron chi connectivity index (χ2n) is 3.49. The Labute approximate surface area is 90.8 Å². The lowest BCUT2D eigenvalue weighted by Crippen LogP contribution is -2.21. The summed E-state index contributed by atoms with van der Waals surface area (Å²) >= 11 is 3.21. The molecule has 0 aliphatic heterocycles. The van der Waals surface area contributed by atoms with Crippen LogP contribution in [0.5, 0.6) is 0 Å². The normalized spacial score (nSPS) is 19.3. The van der Waals surface area contributed by atoms with Crippen molar-refractivity contribution in [2.24, 2.45) is 0 Å². The van der Waals surface area contributed by atoms with Gasteiger partial charge < -0.3 is 0 Å². The van der Waals surface area contributed by atoms with Gasteiger partial charge in [0.1, 0.15) is 10.6 Å². The van der Waals surface area contributed by atoms with Gasteiger partial charge in [0.15, 0.2) is 9.84 Å². The molecule has 0 aromatic carbocycles. The molecule has 4 nitrogen and oxygen atoms in total. The van der Waals surface area contributed by atoms with Crippen LogP contribution >= 0.6 is 15.9 Å². The molecule has 0 amide bonds. The molecule has 1 aromatic rings. The van der Waals surface area contributed by atoms with Gasteiger partial charge in [0.05, 0.1) is 4.47 Å². The monoisotopic (exact) mass is 276 g/mol. The third-order valence-corrected chi connectivity index (χ3v) is 4.86. The van der Waals surface area contributed by atoms with Gasteiger partial charge in [0.2, 0.25) is 0 Å². The van der Waals surface area contributed by atoms with Crippen LogP contribution in [0.4, 0.5) is 0 Å². The van der Waals surface area contributed by atoms with Crippen LogP contribution in [0.3, 0.4) is 0 Å². The minimum Gasteiger partial charge on any atom is -0.238 e. The molecule has 0 saturated heterocycles. The maximum absolute atomic E-state index is 11.5. The van der Waals surface area contributed by atoms with E-state index in [0.29, 0.717) is 18.7 Å². The largest absolute Gasteiger partial charge is 0.238 e. The van der Waals surface area contributed by atoms with Gasteiger partial charge in [-0.05, 0) is 28.8 Å². The van der Waals surface area contributed by atoms with Crippen LogP contribution in [0.1, 0.15) is 18.7 Å². The summed E-state index contributed by atoms with van der Waals surface area (Å²) in [5.41, 5.74) is 0. The highest BCUT2D eigenvalue weighted by molar-refractivity contribution is 9.10. The van der Waals surface area contributed by atoms with Gasteiger partial charge >= 0.3 is 0 Å². The van der Waals surface area contributed by atoms with Crippen LogP contribution in [-0.2, 0) is 14.6 Å². The molecule has 1 aliphatic rings. The van der Waals surface area contributed by atoms with E-state index in [1.54, 1.807) is 12.4 Å². The average molecular weight is 277 g/mol. The predicted molar refractivity (Wildman–Crippen MR) is 55.5 cm³/mol. The summed E-state index contributed by atoms with van der Waals surface area (Å²) in [4.78, 5) is 8.08. The third-order valence-electron chi connectivity index (χ3n) is 2.44. The van der Waals surface area contributed by atoms with Crippen molar-refractivity contribution >= 4 is 25.8 Å². The van der Waals surface area contributed by atoms with E-state index in [1.165, 1.54) is 6.26 Å². The van der Waals surface area contributed by atoms with Crippen LogP contribution in [0.25, 0.3) is 0 Å². The molecule has 0 radical (unpaired) electrons. The number of aromatic nitrogens is 2. The molecule has 0 N–H and O–H groups in total. The Balaban J connectivity index is 2.46. The zero-order chi connectivity index (χ0) is 10.4. The first-order valence-electron chi connectivity index (χ1n) is 4.13. The summed E-state index contributed by atoms with van der Waals surface area (Å²) in [5.74, 6) is 0.420. The summed E-state index contributed by atoms with van der Waals surface area (Å²) in [6, 6.07) is 0. The number of halogens is 1. The Kier molecular flexibility index (Phi) is 2.15. The molecule has 0 bridgehead atoms. The van der Waals surface area contributed by atoms with Gasteiger partial charge in [-0.15, -0.1) is 0 Å². The third kappa shape index (κ3) is 1.46. The summed E-state index contributed by atoms with van der Waals surface area (Å²) in [6.45, 7) is 0. The number of hydrogen-bond donors (Lipinski definition) is 0. The van der Waals surface area contributed by atoms with E-state index in [1.807, 2.05) is 0 Å². The molecule has 1 fully saturated rings. The second-order valence-corrected chi connectivity index (χ2v) is 6.73. The molecule has 6 heteroatoms. The molecule has 0 atom stereocenters. The van der Waals surface area contributed by atoms with Crippen molar-refractivity contribution in [3.8, 4) is 0 Å². The Morgan fingerprint density at radius 3 is 2.21 bits per heavy atom. The lowest BCUT2D eigenvalue weighted by Gasteiger charge is -2.10. The van der Waals surface area contributed by atoms with E-state index in [9.17, 15) is 8.42 Å². The number of nitrogens with zero attached hydrogens (tertiary/aromatic N) is 2. The zero-order valence-electron chi connectivity index (χ0n) is 7.57. The average Bonchev–Trinajstić information content (AvgIpc) is 2.84. The van der Waals surface area contributed by atoms with Crippen molar-refractivity contribution in [2.45, 2.75) is 17.6 Å². The Hall–Kier alpha value is -0.490. The topological polar surface area (TPSA) is 59.9 Å². The van der Waals surface area contributed by atoms with Crippen LogP contribution in [-0.4, -0.2) is 24.6 Å². The SMILES string of the molecule is CS(=O)(=O)C1(c2ncc(Br)cn2)CC1. The summed E-state index contributed by atoms with van der Waals surface area (Å²) in [5, 5.41) is 0. The predicted octanol–water partition coefficient (Wildman–Crippen LogP) is 1.27. The molecule has 2 rings (SSSR count). The molecule has 1 aromatic heterocycles. The highest BCUT2D eigenvalue weighted by Crippen LogP contribution is 2.50. The molecule has 0 unspecified atom stereocenters. The fourth-order valence-corrected chi connectivity index (χ4v) is 2.91. The molecular weight excluding hydrogens is 268 g/mol. The van der Waals surface area contributed by atoms with Gasteiger partial charge in [0, 0.05) is 18.6 Å². The maximum Gasteiger partial charge on any atom is 0.160 e. The fourth-order valence-electron chi connectivity index (χ4n) is 1.42. The van der Waals surface area contributed by atoms with Crippen LogP contribution in [0, 0.1) is 0 Å². The summed E-state index contributed by atoms with van der Waals surface area (Å²) < 4.78 is 23.0. The first-order chi connectivity index (χ1) is 6.46. The molecule has 14 heavy (non-hydrogen) atoms. The minimum absolute atomic E-state index is 0.420. The standard InChI is InChI=1S/C8H9BrN2O2S/c1-14(12,13)8(2-3-8)7-10-4-6(9)5-11-7/h4-5H,2-3H2,1H3. The number of hydrogen-bond acceptors (Lipinski definition) is 4. The minimum atomic E-state index is -3.10. The molecule has 0 spiro atoms. The van der Waals surface area contributed by atoms with Crippen molar-refractivity contribution in [1.82, 2.24) is 9.97 Å². The molecular formula is C8H9BrN2O2S. The molecule has 1 saturated carbocycles. The van der Waals surface area contributed by atoms with Crippen molar-refractivity contribution < 1.29 is 8.42 Å². The Morgan fingerprint density at radius 1 is 1.36 bits per heavy atom. The van der Waals surface area contributed by atoms with Crippen molar-refractivity contribution in [1.29, 1.82) is 0 Å². The number of rotatable bonds is 2. The smallest absolute Gasteiger partial charge is 0.160 e. The second kappa shape index (κ2) is 3.00. The first-order valence-corrected chi connectivity index (χ1v) is 6.82. The van der Waals surface area contributed by atoms with E-state index >= 15 is 0 Å². The highest BCUT2D eigenvalue weighted by atomic mass is 79.9. The fraction of sp³-hybridized carbons (Fsp3) is 0.500. The zero-order valence-corrected chi connectivity index (χ0v) is 9.97. The van der Waals surface area contributed by atoms with E-state index in [2.05, 4.69) is 25.9 Å². The lowest BCUT2D eigenvalue weighted by atomic mass is 10.4. The summed E-state index contributed by atoms with van der Waals surface area (Å²) in [7, 11) is -3.10. The van der Waals surface area contributed by atoms with E-state index < -0.39 is 14.6 Å². The number of sulfone groups is 1. The Morgan fingerprint density at radius 2 is 1.86 bits per heavy atom. The van der Waals surface area contributed by atoms with Crippen LogP contribution in [0.2, 0.25) is 0 Å². The van der Waals surface area contributed by atoms with Crippen LogP contribution < -0.4 is 0 Å². The van der Waals surface area contributed by atoms with Gasteiger partial charge in [-0.1, -0.05) is 0 Å². The van der Waals surface area contributed by atoms with Gasteiger partial charge in [-0.25, -0.2) is 18.4 Å². The molecule has 76 valence electrons. The van der Waals surface area contributed by atoms with E-state index in [4.69, 9.17) is 0 Å². The van der Waals surface area contributed by atoms with Gasteiger partial charge in [0.25, 0.3) is 0 Å². The van der Waals surface area contributed by atoms with Gasteiger partial charge in [-0.2, -0.15) is 0 Å². The van der Waals surface area contributed by atoms with Gasteiger partial charge in [-0.3, -0.25) is 0 Å². The van der Waals surface area contributed by atoms with Crippen molar-refractivity contribution in [2.75, 3.05) is 6.26 Å². The summed E-state index contributed by atoms with van der Waals surface area (Å²) in [6.07, 6.45) is 5.66. The Bertz CT molecular complexity index is 451. The molecule has 1 heterocycles. The quantitative estimate of drug-likeness (QED) is 0.816. The van der Waals surface area contributed by atoms with E-state index in [-0.39, 0.29) is 0 Å². The lowest BCUT2D eigenvalue weighted by molar-refractivity contribution is 0.581. The van der Waals surface area contributed by atoms with E-state index in [0.717, 1.165) is 4.47 Å². The highest BCUT2D eigenvalue weighted by Gasteiger charge is 2.56. The molecule has 1 aliphatic carbocycles. The maximum atomic E-state index is 11.5.